The van der Waals surface area contributed by atoms with Crippen molar-refractivity contribution in [3.63, 3.8) is 0 Å². The number of halogens is 1. The molecule has 1 heterocycles. The van der Waals surface area contributed by atoms with Crippen molar-refractivity contribution in [2.75, 3.05) is 16.8 Å². The van der Waals surface area contributed by atoms with Gasteiger partial charge in [-0.3, -0.25) is 4.79 Å². The van der Waals surface area contributed by atoms with Gasteiger partial charge in [0.2, 0.25) is 5.91 Å². The largest absolute Gasteiger partial charge is 0.384 e. The van der Waals surface area contributed by atoms with Gasteiger partial charge in [-0.1, -0.05) is 27.7 Å². The molecule has 0 saturated carbocycles. The zero-order valence-corrected chi connectivity index (χ0v) is 14.1. The lowest BCUT2D eigenvalue weighted by molar-refractivity contribution is -0.113. The van der Waals surface area contributed by atoms with Crippen LogP contribution in [0, 0.1) is 13.8 Å². The predicted molar refractivity (Wildman–Crippen MR) is 89.4 cm³/mol. The number of aryl methyl sites for hydroxylation is 2. The average Bonchev–Trinajstić information content (AvgIpc) is 2.39. The molecule has 0 fully saturated rings. The van der Waals surface area contributed by atoms with Crippen LogP contribution in [-0.2, 0) is 4.79 Å². The van der Waals surface area contributed by atoms with Crippen LogP contribution in [0.5, 0.6) is 0 Å². The van der Waals surface area contributed by atoms with Gasteiger partial charge in [0.25, 0.3) is 0 Å². The number of nitrogens with two attached hydrogens (primary N) is 1. The van der Waals surface area contributed by atoms with Gasteiger partial charge in [0.15, 0.2) is 5.16 Å². The molecular weight excluding hydrogens is 352 g/mol. The minimum Gasteiger partial charge on any atom is -0.384 e. The number of aromatic nitrogens is 2. The van der Waals surface area contributed by atoms with E-state index in [-0.39, 0.29) is 11.7 Å². The van der Waals surface area contributed by atoms with E-state index in [0.717, 1.165) is 21.4 Å². The molecule has 0 spiro atoms. The quantitative estimate of drug-likeness (QED) is 0.641. The molecule has 5 nitrogen and oxygen atoms in total. The monoisotopic (exact) mass is 366 g/mol. The fourth-order valence-corrected chi connectivity index (χ4v) is 2.90. The van der Waals surface area contributed by atoms with Crippen molar-refractivity contribution in [2.45, 2.75) is 19.0 Å². The third-order valence-electron chi connectivity index (χ3n) is 2.65. The number of nitrogens with one attached hydrogen (secondary N) is 1. The molecule has 7 heteroatoms. The predicted octanol–water partition coefficient (Wildman–Crippen LogP) is 3.17. The maximum absolute atomic E-state index is 12.0. The van der Waals surface area contributed by atoms with Crippen molar-refractivity contribution < 1.29 is 4.79 Å². The number of carbonyl (C=O) groups excluding carboxylic acids is 1. The van der Waals surface area contributed by atoms with E-state index in [1.807, 2.05) is 32.0 Å². The zero-order chi connectivity index (χ0) is 15.4. The number of hydrogen-bond acceptors (Lipinski definition) is 5. The number of hydrogen-bond donors (Lipinski definition) is 2. The molecule has 110 valence electrons. The lowest BCUT2D eigenvalue weighted by atomic mass is 10.2. The summed E-state index contributed by atoms with van der Waals surface area (Å²) < 4.78 is 0.982. The van der Waals surface area contributed by atoms with Gasteiger partial charge in [-0.2, -0.15) is 0 Å². The van der Waals surface area contributed by atoms with Crippen LogP contribution in [-0.4, -0.2) is 21.6 Å². The molecule has 0 bridgehead atoms. The van der Waals surface area contributed by atoms with Crippen molar-refractivity contribution >= 4 is 45.1 Å². The summed E-state index contributed by atoms with van der Waals surface area (Å²) in [6.07, 6.45) is 0. The van der Waals surface area contributed by atoms with Crippen LogP contribution in [0.4, 0.5) is 11.5 Å². The summed E-state index contributed by atoms with van der Waals surface area (Å²) in [5, 5.41) is 3.38. The second-order valence-corrected chi connectivity index (χ2v) is 6.37. The minimum absolute atomic E-state index is 0.103. The van der Waals surface area contributed by atoms with Crippen molar-refractivity contribution in [3.05, 3.63) is 40.0 Å². The van der Waals surface area contributed by atoms with Crippen LogP contribution in [0.3, 0.4) is 0 Å². The molecule has 1 amide bonds. The first kappa shape index (κ1) is 15.8. The number of nitrogen functional groups attached to an aromatic ring is 1. The maximum Gasteiger partial charge on any atom is 0.234 e. The van der Waals surface area contributed by atoms with Gasteiger partial charge in [0.1, 0.15) is 5.82 Å². The standard InChI is InChI=1S/C14H15BrN4OS/c1-8-5-10(15)3-4-11(8)18-13(20)7-21-14-17-9(2)6-12(16)19-14/h3-6H,7H2,1-2H3,(H,18,20)(H2,16,17,19). The second-order valence-electron chi connectivity index (χ2n) is 4.51. The van der Waals surface area contributed by atoms with E-state index in [9.17, 15) is 4.79 Å². The third kappa shape index (κ3) is 4.71. The molecule has 2 rings (SSSR count). The molecule has 0 saturated heterocycles. The van der Waals surface area contributed by atoms with Gasteiger partial charge >= 0.3 is 0 Å². The van der Waals surface area contributed by atoms with Crippen LogP contribution < -0.4 is 11.1 Å². The molecule has 0 atom stereocenters. The van der Waals surface area contributed by atoms with Gasteiger partial charge in [-0.05, 0) is 37.6 Å². The molecule has 0 radical (unpaired) electrons. The fourth-order valence-electron chi connectivity index (χ4n) is 1.71. The first-order valence-electron chi connectivity index (χ1n) is 6.24. The van der Waals surface area contributed by atoms with Crippen molar-refractivity contribution in [2.24, 2.45) is 0 Å². The first-order chi connectivity index (χ1) is 9.94. The number of benzene rings is 1. The Hall–Kier alpha value is -1.60. The van der Waals surface area contributed by atoms with E-state index in [0.29, 0.717) is 11.0 Å². The summed E-state index contributed by atoms with van der Waals surface area (Å²) in [4.78, 5) is 20.3. The molecule has 0 aliphatic rings. The number of nitrogens with zero attached hydrogens (tertiary/aromatic N) is 2. The maximum atomic E-state index is 12.0. The second kappa shape index (κ2) is 6.91. The molecule has 0 aliphatic carbocycles. The summed E-state index contributed by atoms with van der Waals surface area (Å²) in [5.74, 6) is 0.543. The molecule has 3 N–H and O–H groups in total. The SMILES string of the molecule is Cc1cc(N)nc(SCC(=O)Nc2ccc(Br)cc2C)n1. The van der Waals surface area contributed by atoms with E-state index in [4.69, 9.17) is 5.73 Å². The smallest absolute Gasteiger partial charge is 0.234 e. The molecule has 0 aliphatic heterocycles. The topological polar surface area (TPSA) is 80.9 Å². The third-order valence-corrected chi connectivity index (χ3v) is 3.99. The van der Waals surface area contributed by atoms with Crippen LogP contribution in [0.2, 0.25) is 0 Å². The number of carbonyl (C=O) groups is 1. The van der Waals surface area contributed by atoms with Crippen molar-refractivity contribution in [1.82, 2.24) is 9.97 Å². The van der Waals surface area contributed by atoms with E-state index in [2.05, 4.69) is 31.2 Å². The van der Waals surface area contributed by atoms with Gasteiger partial charge in [-0.15, -0.1) is 0 Å². The lowest BCUT2D eigenvalue weighted by Gasteiger charge is -2.08. The molecule has 2 aromatic rings. The Kier molecular flexibility index (Phi) is 5.19. The van der Waals surface area contributed by atoms with Crippen LogP contribution in [0.1, 0.15) is 11.3 Å². The van der Waals surface area contributed by atoms with Crippen LogP contribution in [0.25, 0.3) is 0 Å². The molecule has 0 unspecified atom stereocenters. The first-order valence-corrected chi connectivity index (χ1v) is 8.02. The Morgan fingerprint density at radius 3 is 2.76 bits per heavy atom. The highest BCUT2D eigenvalue weighted by atomic mass is 79.9. The Bertz CT molecular complexity index is 658. The normalized spacial score (nSPS) is 10.4. The highest BCUT2D eigenvalue weighted by Gasteiger charge is 2.08. The number of thioether (sulfide) groups is 1. The summed E-state index contributed by atoms with van der Waals surface area (Å²) in [7, 11) is 0. The van der Waals surface area contributed by atoms with Crippen LogP contribution >= 0.6 is 27.7 Å². The summed E-state index contributed by atoms with van der Waals surface area (Å²) in [6.45, 7) is 3.78. The summed E-state index contributed by atoms with van der Waals surface area (Å²) >= 11 is 4.65. The van der Waals surface area contributed by atoms with E-state index in [1.54, 1.807) is 6.07 Å². The average molecular weight is 367 g/mol. The summed E-state index contributed by atoms with van der Waals surface area (Å²) in [6, 6.07) is 7.39. The molecular formula is C14H15BrN4OS. The van der Waals surface area contributed by atoms with E-state index < -0.39 is 0 Å². The van der Waals surface area contributed by atoms with Crippen molar-refractivity contribution in [1.29, 1.82) is 0 Å². The Labute approximate surface area is 135 Å². The minimum atomic E-state index is -0.103. The van der Waals surface area contributed by atoms with Gasteiger partial charge < -0.3 is 11.1 Å². The van der Waals surface area contributed by atoms with Crippen molar-refractivity contribution in [3.8, 4) is 0 Å². The Morgan fingerprint density at radius 2 is 2.10 bits per heavy atom. The molecule has 1 aromatic heterocycles. The lowest BCUT2D eigenvalue weighted by Crippen LogP contribution is -2.15. The fraction of sp³-hybridized carbons (Fsp3) is 0.214. The van der Waals surface area contributed by atoms with E-state index >= 15 is 0 Å². The van der Waals surface area contributed by atoms with Gasteiger partial charge in [0, 0.05) is 21.9 Å². The number of anilines is 2. The zero-order valence-electron chi connectivity index (χ0n) is 11.7. The highest BCUT2D eigenvalue weighted by molar-refractivity contribution is 9.10. The highest BCUT2D eigenvalue weighted by Crippen LogP contribution is 2.21. The van der Waals surface area contributed by atoms with Gasteiger partial charge in [0.05, 0.1) is 5.75 Å². The molecule has 1 aromatic carbocycles. The Morgan fingerprint density at radius 1 is 1.33 bits per heavy atom. The number of rotatable bonds is 4. The van der Waals surface area contributed by atoms with Crippen LogP contribution in [0.15, 0.2) is 33.9 Å². The molecule has 21 heavy (non-hydrogen) atoms. The van der Waals surface area contributed by atoms with E-state index in [1.165, 1.54) is 11.8 Å². The number of amides is 1. The Balaban J connectivity index is 1.95. The van der Waals surface area contributed by atoms with Gasteiger partial charge in [-0.25, -0.2) is 9.97 Å². The summed E-state index contributed by atoms with van der Waals surface area (Å²) in [5.41, 5.74) is 8.24.